The van der Waals surface area contributed by atoms with Crippen LogP contribution in [0.25, 0.3) is 16.9 Å². The lowest BCUT2D eigenvalue weighted by Crippen LogP contribution is -1.87. The van der Waals surface area contributed by atoms with E-state index >= 15 is 0 Å². The first-order chi connectivity index (χ1) is 8.65. The van der Waals surface area contributed by atoms with Gasteiger partial charge >= 0.3 is 0 Å². The number of hydrogen-bond donors (Lipinski definition) is 0. The standard InChI is InChI=1S/C14H10F2N2/c1-9-3-2-4-14-17-13(8-18(9)14)11-7-10(15)5-6-12(11)16/h2-8H,1H3. The minimum Gasteiger partial charge on any atom is -0.304 e. The molecule has 0 aliphatic rings. The Morgan fingerprint density at radius 2 is 1.94 bits per heavy atom. The van der Waals surface area contributed by atoms with Gasteiger partial charge in [-0.2, -0.15) is 0 Å². The van der Waals surface area contributed by atoms with E-state index in [2.05, 4.69) is 4.98 Å². The molecule has 0 aliphatic carbocycles. The largest absolute Gasteiger partial charge is 0.304 e. The highest BCUT2D eigenvalue weighted by Gasteiger charge is 2.11. The van der Waals surface area contributed by atoms with Gasteiger partial charge < -0.3 is 4.40 Å². The number of hydrogen-bond acceptors (Lipinski definition) is 1. The summed E-state index contributed by atoms with van der Waals surface area (Å²) >= 11 is 0. The number of pyridine rings is 1. The molecule has 0 aliphatic heterocycles. The van der Waals surface area contributed by atoms with Crippen LogP contribution in [0.3, 0.4) is 0 Å². The summed E-state index contributed by atoms with van der Waals surface area (Å²) in [5.41, 5.74) is 2.32. The number of aromatic nitrogens is 2. The summed E-state index contributed by atoms with van der Waals surface area (Å²) in [6.07, 6.45) is 1.71. The highest BCUT2D eigenvalue weighted by molar-refractivity contribution is 5.63. The smallest absolute Gasteiger partial charge is 0.137 e. The van der Waals surface area contributed by atoms with Crippen molar-refractivity contribution in [1.29, 1.82) is 0 Å². The summed E-state index contributed by atoms with van der Waals surface area (Å²) in [5, 5.41) is 0. The lowest BCUT2D eigenvalue weighted by Gasteiger charge is -1.98. The molecular formula is C14H10F2N2. The second kappa shape index (κ2) is 3.91. The first-order valence-electron chi connectivity index (χ1n) is 5.55. The molecule has 2 aromatic heterocycles. The lowest BCUT2D eigenvalue weighted by molar-refractivity contribution is 0.603. The first-order valence-corrected chi connectivity index (χ1v) is 5.55. The van der Waals surface area contributed by atoms with E-state index < -0.39 is 11.6 Å². The summed E-state index contributed by atoms with van der Waals surface area (Å²) in [7, 11) is 0. The van der Waals surface area contributed by atoms with Gasteiger partial charge in [-0.25, -0.2) is 13.8 Å². The van der Waals surface area contributed by atoms with Crippen molar-refractivity contribution in [1.82, 2.24) is 9.38 Å². The number of nitrogens with zero attached hydrogens (tertiary/aromatic N) is 2. The van der Waals surface area contributed by atoms with E-state index in [9.17, 15) is 8.78 Å². The molecule has 2 nitrogen and oxygen atoms in total. The molecule has 0 atom stereocenters. The zero-order valence-corrected chi connectivity index (χ0v) is 9.69. The molecule has 0 saturated carbocycles. The lowest BCUT2D eigenvalue weighted by atomic mass is 10.1. The van der Waals surface area contributed by atoms with Crippen LogP contribution in [0.2, 0.25) is 0 Å². The predicted molar refractivity (Wildman–Crippen MR) is 65.3 cm³/mol. The van der Waals surface area contributed by atoms with Crippen LogP contribution in [0.1, 0.15) is 5.69 Å². The third-order valence-electron chi connectivity index (χ3n) is 2.90. The van der Waals surface area contributed by atoms with E-state index in [1.807, 2.05) is 29.5 Å². The Hall–Kier alpha value is -2.23. The van der Waals surface area contributed by atoms with Crippen molar-refractivity contribution in [2.75, 3.05) is 0 Å². The maximum atomic E-state index is 13.7. The van der Waals surface area contributed by atoms with Crippen molar-refractivity contribution in [3.05, 3.63) is 59.9 Å². The Bertz CT molecular complexity index is 732. The quantitative estimate of drug-likeness (QED) is 0.639. The molecule has 0 spiro atoms. The van der Waals surface area contributed by atoms with E-state index in [0.717, 1.165) is 23.9 Å². The normalized spacial score (nSPS) is 11.1. The van der Waals surface area contributed by atoms with Gasteiger partial charge in [-0.1, -0.05) is 6.07 Å². The molecule has 3 rings (SSSR count). The molecule has 0 bridgehead atoms. The van der Waals surface area contributed by atoms with Gasteiger partial charge in [0.2, 0.25) is 0 Å². The van der Waals surface area contributed by atoms with Crippen LogP contribution in [-0.4, -0.2) is 9.38 Å². The minimum absolute atomic E-state index is 0.179. The van der Waals surface area contributed by atoms with Crippen LogP contribution in [0.4, 0.5) is 8.78 Å². The molecule has 0 radical (unpaired) electrons. The van der Waals surface area contributed by atoms with Gasteiger partial charge in [-0.15, -0.1) is 0 Å². The van der Waals surface area contributed by atoms with Gasteiger partial charge in [0.15, 0.2) is 0 Å². The summed E-state index contributed by atoms with van der Waals surface area (Å²) in [6.45, 7) is 1.93. The molecule has 90 valence electrons. The number of benzene rings is 1. The van der Waals surface area contributed by atoms with Crippen LogP contribution in [0.5, 0.6) is 0 Å². The van der Waals surface area contributed by atoms with Gasteiger partial charge in [-0.3, -0.25) is 0 Å². The van der Waals surface area contributed by atoms with Crippen LogP contribution in [0, 0.1) is 18.6 Å². The molecule has 3 aromatic rings. The van der Waals surface area contributed by atoms with E-state index in [-0.39, 0.29) is 5.56 Å². The summed E-state index contributed by atoms with van der Waals surface area (Å²) < 4.78 is 28.7. The summed E-state index contributed by atoms with van der Waals surface area (Å²) in [4.78, 5) is 4.30. The average molecular weight is 244 g/mol. The zero-order valence-electron chi connectivity index (χ0n) is 9.69. The molecule has 0 N–H and O–H groups in total. The van der Waals surface area contributed by atoms with Gasteiger partial charge in [0.05, 0.1) is 5.69 Å². The van der Waals surface area contributed by atoms with Gasteiger partial charge in [0.1, 0.15) is 17.3 Å². The Morgan fingerprint density at radius 3 is 2.72 bits per heavy atom. The SMILES string of the molecule is Cc1cccc2nc(-c3cc(F)ccc3F)cn12. The topological polar surface area (TPSA) is 17.3 Å². The molecule has 0 amide bonds. The van der Waals surface area contributed by atoms with E-state index in [4.69, 9.17) is 0 Å². The average Bonchev–Trinajstić information content (AvgIpc) is 2.77. The Kier molecular flexibility index (Phi) is 2.37. The van der Waals surface area contributed by atoms with E-state index in [0.29, 0.717) is 11.3 Å². The van der Waals surface area contributed by atoms with Gasteiger partial charge in [0, 0.05) is 17.5 Å². The summed E-state index contributed by atoms with van der Waals surface area (Å²) in [6, 6.07) is 9.01. The van der Waals surface area contributed by atoms with Crippen LogP contribution in [0.15, 0.2) is 42.6 Å². The highest BCUT2D eigenvalue weighted by atomic mass is 19.1. The van der Waals surface area contributed by atoms with Crippen molar-refractivity contribution in [3.63, 3.8) is 0 Å². The molecule has 18 heavy (non-hydrogen) atoms. The zero-order chi connectivity index (χ0) is 12.7. The van der Waals surface area contributed by atoms with Crippen molar-refractivity contribution in [3.8, 4) is 11.3 Å². The Balaban J connectivity index is 2.26. The second-order valence-electron chi connectivity index (χ2n) is 4.15. The van der Waals surface area contributed by atoms with Crippen molar-refractivity contribution in [2.24, 2.45) is 0 Å². The second-order valence-corrected chi connectivity index (χ2v) is 4.15. The summed E-state index contributed by atoms with van der Waals surface area (Å²) in [5.74, 6) is -0.947. The number of fused-ring (bicyclic) bond motifs is 1. The van der Waals surface area contributed by atoms with Crippen molar-refractivity contribution >= 4 is 5.65 Å². The molecule has 0 unspecified atom stereocenters. The van der Waals surface area contributed by atoms with E-state index in [1.165, 1.54) is 0 Å². The fourth-order valence-electron chi connectivity index (χ4n) is 1.97. The number of halogens is 2. The van der Waals surface area contributed by atoms with E-state index in [1.54, 1.807) is 6.20 Å². The molecular weight excluding hydrogens is 234 g/mol. The third kappa shape index (κ3) is 1.66. The molecule has 1 aromatic carbocycles. The first kappa shape index (κ1) is 10.9. The van der Waals surface area contributed by atoms with Gasteiger partial charge in [-0.05, 0) is 37.3 Å². The number of imidazole rings is 1. The molecule has 0 saturated heterocycles. The maximum Gasteiger partial charge on any atom is 0.137 e. The van der Waals surface area contributed by atoms with Crippen LogP contribution >= 0.6 is 0 Å². The molecule has 0 fully saturated rings. The van der Waals surface area contributed by atoms with Crippen molar-refractivity contribution < 1.29 is 8.78 Å². The fourth-order valence-corrected chi connectivity index (χ4v) is 1.97. The maximum absolute atomic E-state index is 13.7. The number of rotatable bonds is 1. The monoisotopic (exact) mass is 244 g/mol. The molecule has 4 heteroatoms. The Labute approximate surface area is 103 Å². The fraction of sp³-hybridized carbons (Fsp3) is 0.0714. The predicted octanol–water partition coefficient (Wildman–Crippen LogP) is 3.59. The van der Waals surface area contributed by atoms with Gasteiger partial charge in [0.25, 0.3) is 0 Å². The van der Waals surface area contributed by atoms with Crippen LogP contribution in [-0.2, 0) is 0 Å². The minimum atomic E-state index is -0.475. The van der Waals surface area contributed by atoms with Crippen LogP contribution < -0.4 is 0 Å². The van der Waals surface area contributed by atoms with Crippen molar-refractivity contribution in [2.45, 2.75) is 6.92 Å². The molecule has 2 heterocycles. The Morgan fingerprint density at radius 1 is 1.11 bits per heavy atom. The third-order valence-corrected chi connectivity index (χ3v) is 2.90. The highest BCUT2D eigenvalue weighted by Crippen LogP contribution is 2.23. The number of aryl methyl sites for hydroxylation is 1.